The molecular weight excluding hydrogens is 432 g/mol. The van der Waals surface area contributed by atoms with E-state index in [4.69, 9.17) is 16.3 Å². The molecule has 4 saturated carbocycles. The molecule has 176 valence electrons. The van der Waals surface area contributed by atoms with Crippen LogP contribution in [0.5, 0.6) is 0 Å². The molecule has 1 aromatic heterocycles. The molecule has 2 amide bonds. The lowest BCUT2D eigenvalue weighted by molar-refractivity contribution is -0.155. The highest BCUT2D eigenvalue weighted by Crippen LogP contribution is 2.63. The highest BCUT2D eigenvalue weighted by molar-refractivity contribution is 6.24. The number of amides is 2. The molecule has 0 aromatic carbocycles. The molecule has 4 fully saturated rings. The molecule has 0 unspecified atom stereocenters. The first-order valence-electron chi connectivity index (χ1n) is 11.6. The smallest absolute Gasteiger partial charge is 0.326 e. The van der Waals surface area contributed by atoms with E-state index in [0.717, 1.165) is 38.5 Å². The minimum absolute atomic E-state index is 0.108. The van der Waals surface area contributed by atoms with Crippen LogP contribution in [0.3, 0.4) is 0 Å². The SMILES string of the molecule is CC[C@H](C)n1nccc1NC(=O)[C@@H](C)OC(=O)CNC(=O)C12C[C@H]3C[C@@H](CC(Cl)(C3)C1)C2. The van der Waals surface area contributed by atoms with Crippen LogP contribution in [-0.4, -0.2) is 45.1 Å². The van der Waals surface area contributed by atoms with Crippen molar-refractivity contribution in [3.63, 3.8) is 0 Å². The van der Waals surface area contributed by atoms with Gasteiger partial charge in [0.15, 0.2) is 6.10 Å². The Balaban J connectivity index is 1.27. The number of alkyl halides is 1. The minimum atomic E-state index is -0.995. The van der Waals surface area contributed by atoms with Crippen LogP contribution < -0.4 is 10.6 Å². The first kappa shape index (κ1) is 23.1. The van der Waals surface area contributed by atoms with Crippen molar-refractivity contribution in [3.05, 3.63) is 12.3 Å². The number of nitrogens with one attached hydrogen (secondary N) is 2. The van der Waals surface area contributed by atoms with Crippen molar-refractivity contribution < 1.29 is 19.1 Å². The number of halogens is 1. The summed E-state index contributed by atoms with van der Waals surface area (Å²) in [6.07, 6.45) is 7.00. The highest BCUT2D eigenvalue weighted by atomic mass is 35.5. The van der Waals surface area contributed by atoms with Gasteiger partial charge in [-0.1, -0.05) is 6.92 Å². The average molecular weight is 465 g/mol. The predicted molar refractivity (Wildman–Crippen MR) is 120 cm³/mol. The summed E-state index contributed by atoms with van der Waals surface area (Å²) in [6, 6.07) is 1.83. The van der Waals surface area contributed by atoms with Crippen LogP contribution in [0.1, 0.15) is 71.8 Å². The van der Waals surface area contributed by atoms with Crippen molar-refractivity contribution in [1.29, 1.82) is 0 Å². The van der Waals surface area contributed by atoms with E-state index in [2.05, 4.69) is 15.7 Å². The Morgan fingerprint density at radius 2 is 1.94 bits per heavy atom. The third-order valence-corrected chi connectivity index (χ3v) is 7.91. The Labute approximate surface area is 193 Å². The molecule has 1 aromatic rings. The average Bonchev–Trinajstić information content (AvgIpc) is 3.17. The van der Waals surface area contributed by atoms with Crippen molar-refractivity contribution in [2.45, 2.75) is 82.7 Å². The number of hydrogen-bond donors (Lipinski definition) is 2. The van der Waals surface area contributed by atoms with Gasteiger partial charge in [-0.3, -0.25) is 14.4 Å². The Bertz CT molecular complexity index is 886. The zero-order chi connectivity index (χ0) is 23.1. The zero-order valence-corrected chi connectivity index (χ0v) is 19.8. The predicted octanol–water partition coefficient (Wildman–Crippen LogP) is 3.42. The number of esters is 1. The van der Waals surface area contributed by atoms with Gasteiger partial charge < -0.3 is 15.4 Å². The molecule has 5 rings (SSSR count). The number of anilines is 1. The van der Waals surface area contributed by atoms with Crippen molar-refractivity contribution >= 4 is 35.2 Å². The summed E-state index contributed by atoms with van der Waals surface area (Å²) in [7, 11) is 0. The molecule has 4 aliphatic rings. The van der Waals surface area contributed by atoms with Crippen molar-refractivity contribution in [2.24, 2.45) is 17.3 Å². The van der Waals surface area contributed by atoms with E-state index in [0.29, 0.717) is 24.1 Å². The van der Waals surface area contributed by atoms with Crippen molar-refractivity contribution in [2.75, 3.05) is 11.9 Å². The topological polar surface area (TPSA) is 102 Å². The number of aromatic nitrogens is 2. The van der Waals surface area contributed by atoms with Crippen LogP contribution in [0.4, 0.5) is 5.82 Å². The molecule has 0 radical (unpaired) electrons. The Morgan fingerprint density at radius 3 is 2.56 bits per heavy atom. The van der Waals surface area contributed by atoms with Gasteiger partial charge >= 0.3 is 5.97 Å². The summed E-state index contributed by atoms with van der Waals surface area (Å²) < 4.78 is 6.98. The third kappa shape index (κ3) is 4.51. The van der Waals surface area contributed by atoms with Crippen LogP contribution >= 0.6 is 11.6 Å². The van der Waals surface area contributed by atoms with Crippen LogP contribution in [0.15, 0.2) is 12.3 Å². The zero-order valence-electron chi connectivity index (χ0n) is 19.0. The lowest BCUT2D eigenvalue weighted by Crippen LogP contribution is -2.58. The van der Waals surface area contributed by atoms with Gasteiger partial charge in [0.25, 0.3) is 5.91 Å². The molecule has 32 heavy (non-hydrogen) atoms. The lowest BCUT2D eigenvalue weighted by Gasteiger charge is -2.59. The summed E-state index contributed by atoms with van der Waals surface area (Å²) in [6.45, 7) is 5.29. The molecule has 9 heteroatoms. The largest absolute Gasteiger partial charge is 0.451 e. The maximum atomic E-state index is 13.0. The van der Waals surface area contributed by atoms with E-state index in [1.807, 2.05) is 13.8 Å². The van der Waals surface area contributed by atoms with Crippen molar-refractivity contribution in [1.82, 2.24) is 15.1 Å². The second kappa shape index (κ2) is 8.69. The van der Waals surface area contributed by atoms with E-state index in [-0.39, 0.29) is 23.4 Å². The number of rotatable bonds is 8. The van der Waals surface area contributed by atoms with E-state index in [9.17, 15) is 14.4 Å². The molecule has 1 heterocycles. The first-order chi connectivity index (χ1) is 15.1. The Kier molecular flexibility index (Phi) is 6.27. The summed E-state index contributed by atoms with van der Waals surface area (Å²) in [5.74, 6) is 0.361. The fourth-order valence-electron chi connectivity index (χ4n) is 6.21. The second-order valence-electron chi connectivity index (χ2n) is 10.1. The van der Waals surface area contributed by atoms with Crippen LogP contribution in [0.2, 0.25) is 0 Å². The third-order valence-electron chi connectivity index (χ3n) is 7.47. The number of carbonyl (C=O) groups excluding carboxylic acids is 3. The molecule has 0 saturated heterocycles. The van der Waals surface area contributed by atoms with Gasteiger partial charge in [-0.25, -0.2) is 4.68 Å². The maximum Gasteiger partial charge on any atom is 0.326 e. The normalized spacial score (nSPS) is 32.2. The fraction of sp³-hybridized carbons (Fsp3) is 0.739. The summed E-state index contributed by atoms with van der Waals surface area (Å²) in [5.41, 5.74) is -0.469. The molecule has 4 atom stereocenters. The summed E-state index contributed by atoms with van der Waals surface area (Å²) in [5, 5.41) is 9.74. The quantitative estimate of drug-likeness (QED) is 0.453. The van der Waals surface area contributed by atoms with E-state index >= 15 is 0 Å². The van der Waals surface area contributed by atoms with Gasteiger partial charge in [0.05, 0.1) is 17.7 Å². The van der Waals surface area contributed by atoms with Crippen LogP contribution in [-0.2, 0) is 19.1 Å². The molecule has 0 spiro atoms. The first-order valence-corrected chi connectivity index (χ1v) is 12.0. The number of carbonyl (C=O) groups is 3. The monoisotopic (exact) mass is 464 g/mol. The highest BCUT2D eigenvalue weighted by Gasteiger charge is 2.60. The number of hydrogen-bond acceptors (Lipinski definition) is 5. The van der Waals surface area contributed by atoms with E-state index in [1.54, 1.807) is 16.9 Å². The number of ether oxygens (including phenoxy) is 1. The molecule has 4 bridgehead atoms. The van der Waals surface area contributed by atoms with E-state index < -0.39 is 23.4 Å². The van der Waals surface area contributed by atoms with Gasteiger partial charge in [0, 0.05) is 10.9 Å². The fourth-order valence-corrected chi connectivity index (χ4v) is 6.91. The molecular formula is C23H33ClN4O4. The van der Waals surface area contributed by atoms with Gasteiger partial charge in [0.2, 0.25) is 5.91 Å². The minimum Gasteiger partial charge on any atom is -0.451 e. The van der Waals surface area contributed by atoms with Gasteiger partial charge in [0.1, 0.15) is 12.4 Å². The Hall–Kier alpha value is -2.09. The van der Waals surface area contributed by atoms with Gasteiger partial charge in [-0.05, 0) is 70.6 Å². The Morgan fingerprint density at radius 1 is 1.25 bits per heavy atom. The van der Waals surface area contributed by atoms with Gasteiger partial charge in [-0.15, -0.1) is 11.6 Å². The summed E-state index contributed by atoms with van der Waals surface area (Å²) in [4.78, 5) is 37.6. The molecule has 8 nitrogen and oxygen atoms in total. The van der Waals surface area contributed by atoms with Gasteiger partial charge in [-0.2, -0.15) is 5.10 Å². The van der Waals surface area contributed by atoms with E-state index in [1.165, 1.54) is 6.92 Å². The summed E-state index contributed by atoms with van der Waals surface area (Å²) >= 11 is 6.81. The second-order valence-corrected chi connectivity index (χ2v) is 10.9. The lowest BCUT2D eigenvalue weighted by atomic mass is 9.49. The van der Waals surface area contributed by atoms with Crippen LogP contribution in [0, 0.1) is 17.3 Å². The standard InChI is InChI=1S/C23H33ClN4O4/c1-4-14(2)28-18(5-6-26-28)27-20(30)15(3)32-19(29)12-25-21(31)22-8-16-7-17(9-22)11-23(24,10-16)13-22/h5-6,14-17H,4,7-13H2,1-3H3,(H,25,31)(H,27,30)/t14-,15+,16+,17+,22?,23?/m0/s1. The van der Waals surface area contributed by atoms with Crippen molar-refractivity contribution in [3.8, 4) is 0 Å². The molecule has 4 aliphatic carbocycles. The maximum absolute atomic E-state index is 13.0. The van der Waals surface area contributed by atoms with Crippen LogP contribution in [0.25, 0.3) is 0 Å². The molecule has 0 aliphatic heterocycles. The molecule has 2 N–H and O–H groups in total. The number of nitrogens with zero attached hydrogens (tertiary/aromatic N) is 2.